The van der Waals surface area contributed by atoms with Crippen LogP contribution in [0.3, 0.4) is 0 Å². The second-order valence-corrected chi connectivity index (χ2v) is 9.22. The number of carbonyl (C=O) groups excluding carboxylic acids is 2. The largest absolute Gasteiger partial charge is 0.497 e. The molecule has 1 aliphatic rings. The van der Waals surface area contributed by atoms with Crippen molar-refractivity contribution < 1.29 is 14.3 Å². The number of piperazine rings is 1. The molecule has 0 radical (unpaired) electrons. The molecule has 1 saturated heterocycles. The highest BCUT2D eigenvalue weighted by atomic mass is 32.1. The molecule has 0 aliphatic carbocycles. The van der Waals surface area contributed by atoms with Crippen molar-refractivity contribution >= 4 is 34.0 Å². The van der Waals surface area contributed by atoms with Gasteiger partial charge in [0.25, 0.3) is 5.91 Å². The van der Waals surface area contributed by atoms with Gasteiger partial charge in [-0.05, 0) is 36.4 Å². The van der Waals surface area contributed by atoms with Crippen LogP contribution in [0.1, 0.15) is 23.0 Å². The Balaban J connectivity index is 1.44. The lowest BCUT2D eigenvalue weighted by Gasteiger charge is -2.36. The molecule has 1 aliphatic heterocycles. The molecule has 0 unspecified atom stereocenters. The fourth-order valence-electron chi connectivity index (χ4n) is 4.02. The lowest BCUT2D eigenvalue weighted by Crippen LogP contribution is -2.55. The molecule has 4 rings (SSSR count). The van der Waals surface area contributed by atoms with Crippen LogP contribution in [0.5, 0.6) is 5.75 Å². The maximum atomic E-state index is 13.4. The van der Waals surface area contributed by atoms with Crippen molar-refractivity contribution in [3.63, 3.8) is 0 Å². The van der Waals surface area contributed by atoms with Crippen LogP contribution < -0.4 is 15.4 Å². The first-order valence-corrected chi connectivity index (χ1v) is 12.7. The molecule has 1 fully saturated rings. The van der Waals surface area contributed by atoms with E-state index >= 15 is 0 Å². The average Bonchev–Trinajstić information content (AvgIpc) is 3.37. The standard InChI is InChI=1S/C26H31N5O3S/c1-3-30-13-15-31(16-14-30)25(33)22(17-19-7-5-4-6-8-19)28-24(32)23-18-35-26(29-23)27-20-9-11-21(34-2)12-10-20/h4-12,18,22H,3,13-17H2,1-2H3,(H,27,29)(H,28,32)/t22-/m1/s1. The Morgan fingerprint density at radius 3 is 2.43 bits per heavy atom. The number of hydrogen-bond donors (Lipinski definition) is 2. The number of rotatable bonds is 9. The summed E-state index contributed by atoms with van der Waals surface area (Å²) in [6, 6.07) is 16.6. The van der Waals surface area contributed by atoms with Crippen LogP contribution in [-0.4, -0.2) is 72.5 Å². The smallest absolute Gasteiger partial charge is 0.271 e. The molecule has 184 valence electrons. The van der Waals surface area contributed by atoms with Crippen LogP contribution in [0.4, 0.5) is 10.8 Å². The molecule has 1 atom stereocenters. The van der Waals surface area contributed by atoms with Crippen molar-refractivity contribution in [3.05, 3.63) is 71.2 Å². The zero-order valence-electron chi connectivity index (χ0n) is 20.1. The molecule has 2 amide bonds. The van der Waals surface area contributed by atoms with Gasteiger partial charge < -0.3 is 25.2 Å². The fraction of sp³-hybridized carbons (Fsp3) is 0.346. The van der Waals surface area contributed by atoms with Crippen LogP contribution in [0.2, 0.25) is 0 Å². The van der Waals surface area contributed by atoms with Gasteiger partial charge in [-0.3, -0.25) is 9.59 Å². The van der Waals surface area contributed by atoms with Crippen molar-refractivity contribution in [2.45, 2.75) is 19.4 Å². The van der Waals surface area contributed by atoms with Gasteiger partial charge in [0.15, 0.2) is 5.13 Å². The van der Waals surface area contributed by atoms with Crippen molar-refractivity contribution in [1.29, 1.82) is 0 Å². The summed E-state index contributed by atoms with van der Waals surface area (Å²) in [4.78, 5) is 35.1. The van der Waals surface area contributed by atoms with E-state index in [2.05, 4.69) is 27.4 Å². The Morgan fingerprint density at radius 2 is 1.77 bits per heavy atom. The Morgan fingerprint density at radius 1 is 1.06 bits per heavy atom. The van der Waals surface area contributed by atoms with Crippen LogP contribution in [0, 0.1) is 0 Å². The molecule has 0 spiro atoms. The summed E-state index contributed by atoms with van der Waals surface area (Å²) in [6.07, 6.45) is 0.431. The van der Waals surface area contributed by atoms with Gasteiger partial charge in [0.1, 0.15) is 17.5 Å². The third-order valence-electron chi connectivity index (χ3n) is 6.10. The van der Waals surface area contributed by atoms with Gasteiger partial charge >= 0.3 is 0 Å². The molecule has 8 nitrogen and oxygen atoms in total. The Labute approximate surface area is 209 Å². The van der Waals surface area contributed by atoms with Gasteiger partial charge in [-0.1, -0.05) is 37.3 Å². The number of thiazole rings is 1. The Bertz CT molecular complexity index is 1110. The van der Waals surface area contributed by atoms with Crippen molar-refractivity contribution in [3.8, 4) is 5.75 Å². The van der Waals surface area contributed by atoms with Crippen LogP contribution in [0.15, 0.2) is 60.0 Å². The van der Waals surface area contributed by atoms with Gasteiger partial charge in [0.05, 0.1) is 7.11 Å². The SMILES string of the molecule is CCN1CCN(C(=O)[C@@H](Cc2ccccc2)NC(=O)c2csc(Nc3ccc(OC)cc3)n2)CC1. The van der Waals surface area contributed by atoms with Crippen LogP contribution >= 0.6 is 11.3 Å². The topological polar surface area (TPSA) is 86.8 Å². The van der Waals surface area contributed by atoms with E-state index in [9.17, 15) is 9.59 Å². The molecule has 0 saturated carbocycles. The predicted octanol–water partition coefficient (Wildman–Crippen LogP) is 3.40. The summed E-state index contributed by atoms with van der Waals surface area (Å²) < 4.78 is 5.18. The van der Waals surface area contributed by atoms with E-state index in [0.717, 1.165) is 36.6 Å². The number of hydrogen-bond acceptors (Lipinski definition) is 7. The molecule has 2 heterocycles. The summed E-state index contributed by atoms with van der Waals surface area (Å²) in [6.45, 7) is 6.13. The maximum absolute atomic E-state index is 13.4. The minimum absolute atomic E-state index is 0.0511. The van der Waals surface area contributed by atoms with Gasteiger partial charge in [-0.15, -0.1) is 11.3 Å². The van der Waals surface area contributed by atoms with Crippen LogP contribution in [0.25, 0.3) is 0 Å². The quantitative estimate of drug-likeness (QED) is 0.475. The summed E-state index contributed by atoms with van der Waals surface area (Å²) in [5.74, 6) is 0.357. The van der Waals surface area contributed by atoms with E-state index in [0.29, 0.717) is 24.6 Å². The number of carbonyl (C=O) groups is 2. The number of anilines is 2. The maximum Gasteiger partial charge on any atom is 0.271 e. The monoisotopic (exact) mass is 493 g/mol. The van der Waals surface area contributed by atoms with Crippen molar-refractivity contribution in [2.24, 2.45) is 0 Å². The van der Waals surface area contributed by atoms with E-state index in [1.54, 1.807) is 12.5 Å². The number of nitrogens with one attached hydrogen (secondary N) is 2. The van der Waals surface area contributed by atoms with Crippen LogP contribution in [-0.2, 0) is 11.2 Å². The number of benzene rings is 2. The summed E-state index contributed by atoms with van der Waals surface area (Å²) in [7, 11) is 1.62. The number of ether oxygens (including phenoxy) is 1. The van der Waals surface area contributed by atoms with Gasteiger partial charge in [0, 0.05) is 43.7 Å². The van der Waals surface area contributed by atoms with E-state index in [1.807, 2.05) is 59.5 Å². The first kappa shape index (κ1) is 24.7. The molecule has 3 aromatic rings. The van der Waals surface area contributed by atoms with Gasteiger partial charge in [-0.2, -0.15) is 0 Å². The number of aromatic nitrogens is 1. The molecule has 35 heavy (non-hydrogen) atoms. The van der Waals surface area contributed by atoms with E-state index in [1.165, 1.54) is 11.3 Å². The van der Waals surface area contributed by atoms with E-state index < -0.39 is 6.04 Å². The summed E-state index contributed by atoms with van der Waals surface area (Å²) in [5.41, 5.74) is 2.13. The minimum Gasteiger partial charge on any atom is -0.497 e. The van der Waals surface area contributed by atoms with E-state index in [4.69, 9.17) is 4.74 Å². The highest BCUT2D eigenvalue weighted by Gasteiger charge is 2.29. The number of likely N-dealkylation sites (N-methyl/N-ethyl adjacent to an activating group) is 1. The zero-order chi connectivity index (χ0) is 24.6. The second kappa shape index (κ2) is 11.8. The molecular weight excluding hydrogens is 462 g/mol. The lowest BCUT2D eigenvalue weighted by molar-refractivity contribution is -0.135. The number of nitrogens with zero attached hydrogens (tertiary/aromatic N) is 3. The average molecular weight is 494 g/mol. The number of amides is 2. The molecule has 9 heteroatoms. The second-order valence-electron chi connectivity index (χ2n) is 8.37. The summed E-state index contributed by atoms with van der Waals surface area (Å²) in [5, 5.41) is 8.45. The van der Waals surface area contributed by atoms with Crippen molar-refractivity contribution in [1.82, 2.24) is 20.1 Å². The first-order chi connectivity index (χ1) is 17.1. The third-order valence-corrected chi connectivity index (χ3v) is 6.85. The normalized spacial score (nSPS) is 14.9. The highest BCUT2D eigenvalue weighted by Crippen LogP contribution is 2.23. The Kier molecular flexibility index (Phi) is 8.33. The predicted molar refractivity (Wildman–Crippen MR) is 138 cm³/mol. The molecule has 2 aromatic carbocycles. The number of methoxy groups -OCH3 is 1. The lowest BCUT2D eigenvalue weighted by atomic mass is 10.0. The molecule has 1 aromatic heterocycles. The minimum atomic E-state index is -0.655. The Hall–Kier alpha value is -3.43. The molecule has 0 bridgehead atoms. The molecule has 2 N–H and O–H groups in total. The fourth-order valence-corrected chi connectivity index (χ4v) is 4.73. The van der Waals surface area contributed by atoms with Crippen molar-refractivity contribution in [2.75, 3.05) is 45.2 Å². The third kappa shape index (κ3) is 6.58. The molecular formula is C26H31N5O3S. The van der Waals surface area contributed by atoms with E-state index in [-0.39, 0.29) is 17.5 Å². The van der Waals surface area contributed by atoms with Gasteiger partial charge in [0.2, 0.25) is 5.91 Å². The summed E-state index contributed by atoms with van der Waals surface area (Å²) >= 11 is 1.34. The zero-order valence-corrected chi connectivity index (χ0v) is 20.9. The highest BCUT2D eigenvalue weighted by molar-refractivity contribution is 7.14. The van der Waals surface area contributed by atoms with Gasteiger partial charge in [-0.25, -0.2) is 4.98 Å². The first-order valence-electron chi connectivity index (χ1n) is 11.8.